The summed E-state index contributed by atoms with van der Waals surface area (Å²) in [6.45, 7) is 6.26. The number of phenols is 1. The van der Waals surface area contributed by atoms with Crippen LogP contribution in [0.25, 0.3) is 0 Å². The van der Waals surface area contributed by atoms with Crippen LogP contribution in [0.1, 0.15) is 63.5 Å². The van der Waals surface area contributed by atoms with Crippen LogP contribution in [0.3, 0.4) is 0 Å². The Morgan fingerprint density at radius 1 is 1.29 bits per heavy atom. The zero-order valence-corrected chi connectivity index (χ0v) is 14.9. The standard InChI is InChI=1S/C21H28O3/c1-12-11-21(3)18(8-9-19(21)24-13(2)22)17-6-4-14-10-15(23)5-7-16(14)20(12)17/h5,7,10,12,17-20,23H,4,6,8-9,11H2,1-3H3/t12-,17?,18?,19-,20?,21-/m0/s1. The van der Waals surface area contributed by atoms with Crippen molar-refractivity contribution in [1.29, 1.82) is 0 Å². The number of aromatic hydroxyl groups is 1. The first-order chi connectivity index (χ1) is 11.4. The zero-order chi connectivity index (χ0) is 17.1. The molecule has 1 aromatic rings. The first-order valence-corrected chi connectivity index (χ1v) is 9.39. The van der Waals surface area contributed by atoms with Gasteiger partial charge in [0.2, 0.25) is 0 Å². The number of esters is 1. The van der Waals surface area contributed by atoms with E-state index in [-0.39, 0.29) is 17.5 Å². The molecule has 1 aromatic carbocycles. The molecule has 3 aliphatic carbocycles. The van der Waals surface area contributed by atoms with Gasteiger partial charge in [-0.15, -0.1) is 0 Å². The normalized spacial score (nSPS) is 40.4. The molecule has 130 valence electrons. The molecule has 0 aromatic heterocycles. The van der Waals surface area contributed by atoms with Gasteiger partial charge in [-0.1, -0.05) is 19.9 Å². The summed E-state index contributed by atoms with van der Waals surface area (Å²) in [4.78, 5) is 11.5. The zero-order valence-electron chi connectivity index (χ0n) is 14.9. The summed E-state index contributed by atoms with van der Waals surface area (Å²) >= 11 is 0. The molecule has 3 unspecified atom stereocenters. The van der Waals surface area contributed by atoms with Gasteiger partial charge in [0.05, 0.1) is 0 Å². The molecule has 0 spiro atoms. The molecule has 0 bridgehead atoms. The van der Waals surface area contributed by atoms with E-state index in [4.69, 9.17) is 4.74 Å². The first-order valence-electron chi connectivity index (χ1n) is 9.39. The van der Waals surface area contributed by atoms with Crippen molar-refractivity contribution in [3.8, 4) is 5.75 Å². The van der Waals surface area contributed by atoms with Crippen molar-refractivity contribution in [2.75, 3.05) is 0 Å². The van der Waals surface area contributed by atoms with Crippen molar-refractivity contribution in [1.82, 2.24) is 0 Å². The number of hydrogen-bond acceptors (Lipinski definition) is 3. The third-order valence-electron chi connectivity index (χ3n) is 7.22. The summed E-state index contributed by atoms with van der Waals surface area (Å²) in [5.41, 5.74) is 2.91. The van der Waals surface area contributed by atoms with Gasteiger partial charge in [0, 0.05) is 12.3 Å². The van der Waals surface area contributed by atoms with Crippen molar-refractivity contribution in [2.45, 2.75) is 64.9 Å². The lowest BCUT2D eigenvalue weighted by atomic mass is 9.52. The number of rotatable bonds is 1. The monoisotopic (exact) mass is 328 g/mol. The van der Waals surface area contributed by atoms with Gasteiger partial charge >= 0.3 is 5.97 Å². The molecular weight excluding hydrogens is 300 g/mol. The average molecular weight is 328 g/mol. The summed E-state index contributed by atoms with van der Waals surface area (Å²) in [5.74, 6) is 2.73. The quantitative estimate of drug-likeness (QED) is 0.776. The fourth-order valence-corrected chi connectivity index (χ4v) is 6.48. The van der Waals surface area contributed by atoms with Crippen LogP contribution < -0.4 is 0 Å². The second-order valence-corrected chi connectivity index (χ2v) is 8.58. The number of carbonyl (C=O) groups is 1. The predicted octanol–water partition coefficient (Wildman–Crippen LogP) is 4.43. The van der Waals surface area contributed by atoms with E-state index in [0.717, 1.165) is 19.3 Å². The highest BCUT2D eigenvalue weighted by molar-refractivity contribution is 5.66. The van der Waals surface area contributed by atoms with Gasteiger partial charge in [-0.2, -0.15) is 0 Å². The summed E-state index contributed by atoms with van der Waals surface area (Å²) in [7, 11) is 0. The molecule has 0 amide bonds. The van der Waals surface area contributed by atoms with Crippen LogP contribution in [0, 0.1) is 23.2 Å². The number of phenolic OH excluding ortho intramolecular Hbond substituents is 1. The van der Waals surface area contributed by atoms with Crippen LogP contribution in [-0.4, -0.2) is 17.2 Å². The number of ether oxygens (including phenoxy) is 1. The van der Waals surface area contributed by atoms with Crippen molar-refractivity contribution >= 4 is 5.97 Å². The van der Waals surface area contributed by atoms with Gasteiger partial charge in [-0.25, -0.2) is 0 Å². The van der Waals surface area contributed by atoms with Crippen LogP contribution in [0.15, 0.2) is 18.2 Å². The van der Waals surface area contributed by atoms with Crippen LogP contribution in [0.4, 0.5) is 0 Å². The Bertz CT molecular complexity index is 667. The lowest BCUT2D eigenvalue weighted by Gasteiger charge is -2.53. The van der Waals surface area contributed by atoms with E-state index in [1.165, 1.54) is 30.9 Å². The molecule has 4 rings (SSSR count). The third-order valence-corrected chi connectivity index (χ3v) is 7.22. The third kappa shape index (κ3) is 2.28. The number of benzene rings is 1. The number of carbonyl (C=O) groups excluding carboxylic acids is 1. The molecule has 1 N–H and O–H groups in total. The molecule has 0 saturated heterocycles. The van der Waals surface area contributed by atoms with Gasteiger partial charge in [0.25, 0.3) is 0 Å². The molecular formula is C21H28O3. The minimum Gasteiger partial charge on any atom is -0.508 e. The van der Waals surface area contributed by atoms with Crippen LogP contribution in [0.5, 0.6) is 5.75 Å². The Hall–Kier alpha value is -1.51. The molecule has 6 atom stereocenters. The fraction of sp³-hybridized carbons (Fsp3) is 0.667. The highest BCUT2D eigenvalue weighted by Gasteiger charge is 2.58. The number of aryl methyl sites for hydroxylation is 1. The maximum atomic E-state index is 11.5. The van der Waals surface area contributed by atoms with Crippen molar-refractivity contribution in [2.24, 2.45) is 23.2 Å². The molecule has 3 heteroatoms. The van der Waals surface area contributed by atoms with Gasteiger partial charge < -0.3 is 9.84 Å². The van der Waals surface area contributed by atoms with Gasteiger partial charge in [0.1, 0.15) is 11.9 Å². The lowest BCUT2D eigenvalue weighted by molar-refractivity contribution is -0.156. The van der Waals surface area contributed by atoms with Crippen molar-refractivity contribution in [3.05, 3.63) is 29.3 Å². The summed E-state index contributed by atoms with van der Waals surface area (Å²) in [5, 5.41) is 9.81. The van der Waals surface area contributed by atoms with E-state index in [1.54, 1.807) is 0 Å². The van der Waals surface area contributed by atoms with E-state index in [2.05, 4.69) is 19.9 Å². The number of fused-ring (bicyclic) bond motifs is 5. The second-order valence-electron chi connectivity index (χ2n) is 8.58. The van der Waals surface area contributed by atoms with E-state index < -0.39 is 0 Å². The SMILES string of the molecule is CC(=O)O[C@H]1CCC2C3CCc4cc(O)ccc4C3[C@@H](C)C[C@@]21C. The Morgan fingerprint density at radius 2 is 2.08 bits per heavy atom. The van der Waals surface area contributed by atoms with Gasteiger partial charge in [0.15, 0.2) is 0 Å². The highest BCUT2D eigenvalue weighted by atomic mass is 16.5. The molecule has 2 fully saturated rings. The average Bonchev–Trinajstić information content (AvgIpc) is 2.82. The molecule has 2 saturated carbocycles. The summed E-state index contributed by atoms with van der Waals surface area (Å²) in [6, 6.07) is 5.96. The van der Waals surface area contributed by atoms with E-state index >= 15 is 0 Å². The first kappa shape index (κ1) is 16.0. The van der Waals surface area contributed by atoms with Crippen LogP contribution in [0.2, 0.25) is 0 Å². The smallest absolute Gasteiger partial charge is 0.302 e. The van der Waals surface area contributed by atoms with E-state index in [0.29, 0.717) is 29.4 Å². The van der Waals surface area contributed by atoms with Crippen molar-refractivity contribution in [3.63, 3.8) is 0 Å². The van der Waals surface area contributed by atoms with E-state index in [9.17, 15) is 9.90 Å². The maximum Gasteiger partial charge on any atom is 0.302 e. The molecule has 24 heavy (non-hydrogen) atoms. The molecule has 0 radical (unpaired) electrons. The lowest BCUT2D eigenvalue weighted by Crippen LogP contribution is -2.48. The Balaban J connectivity index is 1.69. The number of hydrogen-bond donors (Lipinski definition) is 1. The topological polar surface area (TPSA) is 46.5 Å². The summed E-state index contributed by atoms with van der Waals surface area (Å²) in [6.07, 6.45) is 5.65. The van der Waals surface area contributed by atoms with Crippen LogP contribution >= 0.6 is 0 Å². The largest absolute Gasteiger partial charge is 0.508 e. The van der Waals surface area contributed by atoms with Gasteiger partial charge in [-0.05, 0) is 79.0 Å². The minimum absolute atomic E-state index is 0.0876. The van der Waals surface area contributed by atoms with Crippen LogP contribution in [-0.2, 0) is 16.0 Å². The Labute approximate surface area is 144 Å². The molecule has 3 aliphatic rings. The fourth-order valence-electron chi connectivity index (χ4n) is 6.48. The Kier molecular flexibility index (Phi) is 3.67. The highest BCUT2D eigenvalue weighted by Crippen LogP contribution is 2.63. The predicted molar refractivity (Wildman–Crippen MR) is 92.8 cm³/mol. The molecule has 3 nitrogen and oxygen atoms in total. The Morgan fingerprint density at radius 3 is 2.83 bits per heavy atom. The molecule has 0 aliphatic heterocycles. The molecule has 0 heterocycles. The van der Waals surface area contributed by atoms with E-state index in [1.807, 2.05) is 12.1 Å². The van der Waals surface area contributed by atoms with Gasteiger partial charge in [-0.3, -0.25) is 4.79 Å². The maximum absolute atomic E-state index is 11.5. The minimum atomic E-state index is -0.138. The van der Waals surface area contributed by atoms with Crippen molar-refractivity contribution < 1.29 is 14.6 Å². The second kappa shape index (κ2) is 5.50. The summed E-state index contributed by atoms with van der Waals surface area (Å²) < 4.78 is 5.72.